The molecule has 0 spiro atoms. The van der Waals surface area contributed by atoms with Crippen LogP contribution in [0.25, 0.3) is 0 Å². The van der Waals surface area contributed by atoms with Crippen molar-refractivity contribution in [3.8, 4) is 0 Å². The molecule has 0 amide bonds. The zero-order valence-electron chi connectivity index (χ0n) is 12.8. The third-order valence-corrected chi connectivity index (χ3v) is 4.04. The summed E-state index contributed by atoms with van der Waals surface area (Å²) < 4.78 is 1.13. The van der Waals surface area contributed by atoms with Gasteiger partial charge in [-0.1, -0.05) is 59.3 Å². The maximum absolute atomic E-state index is 3.60. The lowest BCUT2D eigenvalue weighted by atomic mass is 10.1. The second-order valence-corrected chi connectivity index (χ2v) is 5.97. The highest BCUT2D eigenvalue weighted by Gasteiger charge is 2.11. The first-order chi connectivity index (χ1) is 10.2. The first-order valence-corrected chi connectivity index (χ1v) is 8.32. The summed E-state index contributed by atoms with van der Waals surface area (Å²) in [6.07, 6.45) is 0. The molecular weight excluding hydrogens is 324 g/mol. The molecule has 0 atom stereocenters. The van der Waals surface area contributed by atoms with Gasteiger partial charge in [0.25, 0.3) is 0 Å². The molecule has 0 unspecified atom stereocenters. The van der Waals surface area contributed by atoms with Crippen LogP contribution in [0.2, 0.25) is 0 Å². The van der Waals surface area contributed by atoms with Crippen LogP contribution in [-0.2, 0) is 13.1 Å². The molecule has 0 radical (unpaired) electrons. The predicted molar refractivity (Wildman–Crippen MR) is 94.7 cm³/mol. The molecule has 0 aromatic heterocycles. The number of benzene rings is 2. The van der Waals surface area contributed by atoms with Gasteiger partial charge in [0.05, 0.1) is 0 Å². The number of halogens is 1. The average molecular weight is 347 g/mol. The van der Waals surface area contributed by atoms with Crippen molar-refractivity contribution in [3.05, 3.63) is 64.1 Å². The molecule has 3 heteroatoms. The Kier molecular flexibility index (Phi) is 6.27. The first-order valence-electron chi connectivity index (χ1n) is 7.52. The molecular formula is C18H23BrN2. The van der Waals surface area contributed by atoms with E-state index in [1.165, 1.54) is 16.8 Å². The molecule has 2 aromatic carbocycles. The first kappa shape index (κ1) is 16.1. The molecule has 0 aliphatic rings. The molecule has 2 aromatic rings. The van der Waals surface area contributed by atoms with Gasteiger partial charge in [0, 0.05) is 29.8 Å². The van der Waals surface area contributed by atoms with Crippen molar-refractivity contribution in [2.75, 3.05) is 18.0 Å². The fourth-order valence-corrected chi connectivity index (χ4v) is 2.76. The standard InChI is InChI=1S/C18H23BrN2/c1-3-20-13-16-10-11-17(19)12-18(16)21(4-2)14-15-8-6-5-7-9-15/h5-12,20H,3-4,13-14H2,1-2H3. The molecule has 0 aliphatic heterocycles. The van der Waals surface area contributed by atoms with Crippen LogP contribution in [0.1, 0.15) is 25.0 Å². The monoisotopic (exact) mass is 346 g/mol. The maximum Gasteiger partial charge on any atom is 0.0429 e. The normalized spacial score (nSPS) is 10.6. The van der Waals surface area contributed by atoms with Crippen LogP contribution in [0.5, 0.6) is 0 Å². The number of hydrogen-bond donors (Lipinski definition) is 1. The van der Waals surface area contributed by atoms with Gasteiger partial charge in [0.1, 0.15) is 0 Å². The second kappa shape index (κ2) is 8.20. The number of nitrogens with zero attached hydrogens (tertiary/aromatic N) is 1. The molecule has 112 valence electrons. The fourth-order valence-electron chi connectivity index (χ4n) is 2.41. The third-order valence-electron chi connectivity index (χ3n) is 3.55. The van der Waals surface area contributed by atoms with Gasteiger partial charge in [0.15, 0.2) is 0 Å². The van der Waals surface area contributed by atoms with Crippen LogP contribution in [0, 0.1) is 0 Å². The topological polar surface area (TPSA) is 15.3 Å². The van der Waals surface area contributed by atoms with E-state index in [9.17, 15) is 0 Å². The van der Waals surface area contributed by atoms with Crippen molar-refractivity contribution in [3.63, 3.8) is 0 Å². The molecule has 0 saturated carbocycles. The summed E-state index contributed by atoms with van der Waals surface area (Å²) in [5.74, 6) is 0. The van der Waals surface area contributed by atoms with Crippen LogP contribution < -0.4 is 10.2 Å². The Hall–Kier alpha value is -1.32. The Morgan fingerprint density at radius 2 is 1.81 bits per heavy atom. The lowest BCUT2D eigenvalue weighted by molar-refractivity contribution is 0.719. The SMILES string of the molecule is CCNCc1ccc(Br)cc1N(CC)Cc1ccccc1. The average Bonchev–Trinajstić information content (AvgIpc) is 2.52. The predicted octanol–water partition coefficient (Wildman–Crippen LogP) is 4.59. The summed E-state index contributed by atoms with van der Waals surface area (Å²) in [5, 5.41) is 3.43. The summed E-state index contributed by atoms with van der Waals surface area (Å²) in [6.45, 7) is 8.17. The van der Waals surface area contributed by atoms with Gasteiger partial charge in [-0.15, -0.1) is 0 Å². The van der Waals surface area contributed by atoms with Crippen molar-refractivity contribution < 1.29 is 0 Å². The minimum Gasteiger partial charge on any atom is -0.367 e. The van der Waals surface area contributed by atoms with Gasteiger partial charge >= 0.3 is 0 Å². The number of nitrogens with one attached hydrogen (secondary N) is 1. The molecule has 2 nitrogen and oxygen atoms in total. The Morgan fingerprint density at radius 1 is 1.05 bits per heavy atom. The van der Waals surface area contributed by atoms with Crippen LogP contribution in [0.3, 0.4) is 0 Å². The minimum atomic E-state index is 0.907. The van der Waals surface area contributed by atoms with E-state index in [1.807, 2.05) is 0 Å². The smallest absolute Gasteiger partial charge is 0.0429 e. The Balaban J connectivity index is 2.25. The summed E-state index contributed by atoms with van der Waals surface area (Å²) in [6, 6.07) is 17.2. The van der Waals surface area contributed by atoms with E-state index >= 15 is 0 Å². The van der Waals surface area contributed by atoms with Crippen LogP contribution in [0.4, 0.5) is 5.69 Å². The number of hydrogen-bond acceptors (Lipinski definition) is 2. The molecule has 21 heavy (non-hydrogen) atoms. The number of anilines is 1. The summed E-state index contributed by atoms with van der Waals surface area (Å²) in [7, 11) is 0. The lowest BCUT2D eigenvalue weighted by Gasteiger charge is -2.26. The van der Waals surface area contributed by atoms with E-state index < -0.39 is 0 Å². The van der Waals surface area contributed by atoms with Gasteiger partial charge in [-0.2, -0.15) is 0 Å². The molecule has 1 N–H and O–H groups in total. The fraction of sp³-hybridized carbons (Fsp3) is 0.333. The van der Waals surface area contributed by atoms with E-state index in [0.717, 1.165) is 30.7 Å². The highest BCUT2D eigenvalue weighted by molar-refractivity contribution is 9.10. The lowest BCUT2D eigenvalue weighted by Crippen LogP contribution is -2.24. The van der Waals surface area contributed by atoms with Gasteiger partial charge in [0.2, 0.25) is 0 Å². The summed E-state index contributed by atoms with van der Waals surface area (Å²) >= 11 is 3.60. The van der Waals surface area contributed by atoms with Crippen molar-refractivity contribution in [2.24, 2.45) is 0 Å². The minimum absolute atomic E-state index is 0.907. The molecule has 0 fully saturated rings. The molecule has 0 heterocycles. The van der Waals surface area contributed by atoms with E-state index in [0.29, 0.717) is 0 Å². The van der Waals surface area contributed by atoms with Crippen LogP contribution >= 0.6 is 15.9 Å². The molecule has 0 saturated heterocycles. The molecule has 2 rings (SSSR count). The Morgan fingerprint density at radius 3 is 2.48 bits per heavy atom. The van der Waals surface area contributed by atoms with Crippen molar-refractivity contribution >= 4 is 21.6 Å². The van der Waals surface area contributed by atoms with E-state index in [4.69, 9.17) is 0 Å². The maximum atomic E-state index is 3.60. The summed E-state index contributed by atoms with van der Waals surface area (Å²) in [5.41, 5.74) is 3.99. The zero-order chi connectivity index (χ0) is 15.1. The zero-order valence-corrected chi connectivity index (χ0v) is 14.4. The van der Waals surface area contributed by atoms with Crippen molar-refractivity contribution in [1.82, 2.24) is 5.32 Å². The van der Waals surface area contributed by atoms with Gasteiger partial charge in [-0.25, -0.2) is 0 Å². The second-order valence-electron chi connectivity index (χ2n) is 5.05. The van der Waals surface area contributed by atoms with Gasteiger partial charge in [-0.3, -0.25) is 0 Å². The van der Waals surface area contributed by atoms with Crippen LogP contribution in [-0.4, -0.2) is 13.1 Å². The summed E-state index contributed by atoms with van der Waals surface area (Å²) in [4.78, 5) is 2.42. The van der Waals surface area contributed by atoms with E-state index in [2.05, 4.69) is 88.5 Å². The van der Waals surface area contributed by atoms with Gasteiger partial charge < -0.3 is 10.2 Å². The van der Waals surface area contributed by atoms with Crippen molar-refractivity contribution in [2.45, 2.75) is 26.9 Å². The molecule has 0 bridgehead atoms. The highest BCUT2D eigenvalue weighted by atomic mass is 79.9. The third kappa shape index (κ3) is 4.58. The Bertz CT molecular complexity index is 554. The quantitative estimate of drug-likeness (QED) is 0.788. The van der Waals surface area contributed by atoms with Crippen molar-refractivity contribution in [1.29, 1.82) is 0 Å². The van der Waals surface area contributed by atoms with E-state index in [1.54, 1.807) is 0 Å². The Labute approximate surface area is 136 Å². The largest absolute Gasteiger partial charge is 0.367 e. The van der Waals surface area contributed by atoms with E-state index in [-0.39, 0.29) is 0 Å². The van der Waals surface area contributed by atoms with Crippen LogP contribution in [0.15, 0.2) is 53.0 Å². The molecule has 0 aliphatic carbocycles. The number of rotatable bonds is 7. The van der Waals surface area contributed by atoms with Gasteiger partial charge in [-0.05, 0) is 36.7 Å². The highest BCUT2D eigenvalue weighted by Crippen LogP contribution is 2.26.